The highest BCUT2D eigenvalue weighted by Crippen LogP contribution is 2.15. The number of ether oxygens (including phenoxy) is 1. The van der Waals surface area contributed by atoms with Crippen molar-refractivity contribution < 1.29 is 14.2 Å². The summed E-state index contributed by atoms with van der Waals surface area (Å²) in [7, 11) is 1.99. The van der Waals surface area contributed by atoms with E-state index < -0.39 is 6.10 Å². The molecule has 1 aliphatic rings. The minimum absolute atomic E-state index is 0.236. The molecule has 1 aromatic carbocycles. The Morgan fingerprint density at radius 1 is 1.48 bits per heavy atom. The molecule has 0 spiro atoms. The Morgan fingerprint density at radius 2 is 2.22 bits per heavy atom. The number of aliphatic hydroxyl groups excluding tert-OH is 1. The largest absolute Gasteiger partial charge is 0.386 e. The summed E-state index contributed by atoms with van der Waals surface area (Å²) in [6, 6.07) is 5.86. The second-order valence-corrected chi connectivity index (χ2v) is 5.87. The molecule has 0 saturated carbocycles. The van der Waals surface area contributed by atoms with Gasteiger partial charge in [-0.2, -0.15) is 0 Å². The van der Waals surface area contributed by atoms with Crippen LogP contribution >= 0.6 is 0 Å². The second-order valence-electron chi connectivity index (χ2n) is 5.87. The van der Waals surface area contributed by atoms with Gasteiger partial charge in [-0.15, -0.1) is 0 Å². The van der Waals surface area contributed by atoms with Crippen LogP contribution in [0.5, 0.6) is 0 Å². The number of aliphatic hydroxyl groups is 1. The molecule has 2 rings (SSSR count). The molecule has 128 valence electrons. The maximum Gasteiger partial charge on any atom is 0.193 e. The van der Waals surface area contributed by atoms with Crippen molar-refractivity contribution in [3.05, 3.63) is 35.6 Å². The Hall–Kier alpha value is -1.66. The van der Waals surface area contributed by atoms with Crippen molar-refractivity contribution in [1.29, 1.82) is 0 Å². The molecule has 2 N–H and O–H groups in total. The number of hydrogen-bond donors (Lipinski definition) is 2. The average Bonchev–Trinajstić information content (AvgIpc) is 3.04. The Balaban J connectivity index is 1.95. The van der Waals surface area contributed by atoms with Crippen molar-refractivity contribution in [2.75, 3.05) is 39.9 Å². The van der Waals surface area contributed by atoms with Crippen LogP contribution in [0.15, 0.2) is 29.3 Å². The van der Waals surface area contributed by atoms with E-state index in [9.17, 15) is 9.50 Å². The molecule has 1 fully saturated rings. The Labute approximate surface area is 137 Å². The van der Waals surface area contributed by atoms with Crippen LogP contribution < -0.4 is 5.32 Å². The highest BCUT2D eigenvalue weighted by Gasteiger charge is 2.19. The third kappa shape index (κ3) is 5.48. The first kappa shape index (κ1) is 17.7. The van der Waals surface area contributed by atoms with Crippen LogP contribution in [0.3, 0.4) is 0 Å². The van der Waals surface area contributed by atoms with Crippen LogP contribution in [-0.4, -0.2) is 55.9 Å². The van der Waals surface area contributed by atoms with Crippen molar-refractivity contribution in [2.45, 2.75) is 19.4 Å². The van der Waals surface area contributed by atoms with E-state index in [1.54, 1.807) is 12.1 Å². The molecule has 1 saturated heterocycles. The quantitative estimate of drug-likeness (QED) is 0.619. The van der Waals surface area contributed by atoms with Gasteiger partial charge in [0.25, 0.3) is 0 Å². The standard InChI is InChI=1S/C17H26FN3O2/c1-3-19-17(21(2)11-13-8-9-23-12-13)20-10-16(22)14-4-6-15(18)7-5-14/h4-7,13,16,22H,3,8-12H2,1-2H3,(H,19,20). The predicted octanol–water partition coefficient (Wildman–Crippen LogP) is 1.79. The van der Waals surface area contributed by atoms with Crippen molar-refractivity contribution in [3.8, 4) is 0 Å². The van der Waals surface area contributed by atoms with Crippen LogP contribution in [0.25, 0.3) is 0 Å². The van der Waals surface area contributed by atoms with Gasteiger partial charge in [-0.05, 0) is 31.0 Å². The number of halogens is 1. The van der Waals surface area contributed by atoms with Gasteiger partial charge in [0.15, 0.2) is 5.96 Å². The van der Waals surface area contributed by atoms with Gasteiger partial charge in [0.1, 0.15) is 5.82 Å². The molecular formula is C17H26FN3O2. The first-order valence-electron chi connectivity index (χ1n) is 8.11. The van der Waals surface area contributed by atoms with E-state index >= 15 is 0 Å². The van der Waals surface area contributed by atoms with Gasteiger partial charge in [-0.3, -0.25) is 4.99 Å². The summed E-state index contributed by atoms with van der Waals surface area (Å²) in [4.78, 5) is 6.57. The Bertz CT molecular complexity index is 501. The van der Waals surface area contributed by atoms with Crippen molar-refractivity contribution in [3.63, 3.8) is 0 Å². The molecule has 0 bridgehead atoms. The second kappa shape index (κ2) is 8.84. The normalized spacial score (nSPS) is 19.7. The van der Waals surface area contributed by atoms with Gasteiger partial charge in [-0.1, -0.05) is 12.1 Å². The number of benzene rings is 1. The zero-order valence-corrected chi connectivity index (χ0v) is 13.8. The number of hydrogen-bond acceptors (Lipinski definition) is 3. The maximum atomic E-state index is 12.9. The summed E-state index contributed by atoms with van der Waals surface area (Å²) in [6.07, 6.45) is 0.328. The monoisotopic (exact) mass is 323 g/mol. The molecule has 0 aliphatic carbocycles. The lowest BCUT2D eigenvalue weighted by Gasteiger charge is -2.25. The van der Waals surface area contributed by atoms with E-state index in [0.29, 0.717) is 11.5 Å². The molecule has 0 amide bonds. The van der Waals surface area contributed by atoms with Gasteiger partial charge in [0.2, 0.25) is 0 Å². The van der Waals surface area contributed by atoms with Crippen LogP contribution in [0.1, 0.15) is 25.0 Å². The van der Waals surface area contributed by atoms with Crippen molar-refractivity contribution >= 4 is 5.96 Å². The fraction of sp³-hybridized carbons (Fsp3) is 0.588. The van der Waals surface area contributed by atoms with Gasteiger partial charge in [0.05, 0.1) is 19.3 Å². The fourth-order valence-electron chi connectivity index (χ4n) is 2.63. The van der Waals surface area contributed by atoms with E-state index in [1.165, 1.54) is 12.1 Å². The molecule has 1 aliphatic heterocycles. The molecule has 1 heterocycles. The lowest BCUT2D eigenvalue weighted by molar-refractivity contribution is 0.180. The van der Waals surface area contributed by atoms with E-state index in [0.717, 1.165) is 38.7 Å². The van der Waals surface area contributed by atoms with E-state index in [2.05, 4.69) is 15.2 Å². The molecule has 0 aromatic heterocycles. The third-order valence-corrected chi connectivity index (χ3v) is 3.92. The molecule has 0 radical (unpaired) electrons. The lowest BCUT2D eigenvalue weighted by Crippen LogP contribution is -2.41. The predicted molar refractivity (Wildman–Crippen MR) is 88.9 cm³/mol. The molecule has 5 nitrogen and oxygen atoms in total. The number of rotatable bonds is 6. The van der Waals surface area contributed by atoms with Gasteiger partial charge in [0, 0.05) is 32.7 Å². The molecular weight excluding hydrogens is 297 g/mol. The first-order valence-corrected chi connectivity index (χ1v) is 8.11. The van der Waals surface area contributed by atoms with Crippen LogP contribution in [-0.2, 0) is 4.74 Å². The summed E-state index contributed by atoms with van der Waals surface area (Å²) in [5.41, 5.74) is 0.665. The van der Waals surface area contributed by atoms with Gasteiger partial charge >= 0.3 is 0 Å². The summed E-state index contributed by atoms with van der Waals surface area (Å²) in [6.45, 7) is 5.50. The van der Waals surface area contributed by atoms with Gasteiger partial charge in [-0.25, -0.2) is 4.39 Å². The van der Waals surface area contributed by atoms with Crippen LogP contribution in [0.2, 0.25) is 0 Å². The summed E-state index contributed by atoms with van der Waals surface area (Å²) in [5, 5.41) is 13.4. The zero-order valence-electron chi connectivity index (χ0n) is 13.8. The highest BCUT2D eigenvalue weighted by molar-refractivity contribution is 5.79. The molecule has 2 unspecified atom stereocenters. The third-order valence-electron chi connectivity index (χ3n) is 3.92. The number of nitrogens with one attached hydrogen (secondary N) is 1. The smallest absolute Gasteiger partial charge is 0.193 e. The van der Waals surface area contributed by atoms with Gasteiger partial charge < -0.3 is 20.1 Å². The fourth-order valence-corrected chi connectivity index (χ4v) is 2.63. The molecule has 23 heavy (non-hydrogen) atoms. The van der Waals surface area contributed by atoms with Crippen molar-refractivity contribution in [2.24, 2.45) is 10.9 Å². The number of guanidine groups is 1. The summed E-state index contributed by atoms with van der Waals surface area (Å²) >= 11 is 0. The summed E-state index contributed by atoms with van der Waals surface area (Å²) in [5.74, 6) is 0.975. The maximum absolute atomic E-state index is 12.9. The topological polar surface area (TPSA) is 57.1 Å². The molecule has 2 atom stereocenters. The van der Waals surface area contributed by atoms with Crippen molar-refractivity contribution in [1.82, 2.24) is 10.2 Å². The van der Waals surface area contributed by atoms with Crippen LogP contribution in [0, 0.1) is 11.7 Å². The number of aliphatic imine (C=N–C) groups is 1. The van der Waals surface area contributed by atoms with E-state index in [1.807, 2.05) is 14.0 Å². The minimum atomic E-state index is -0.743. The molecule has 1 aromatic rings. The van der Waals surface area contributed by atoms with Crippen LogP contribution in [0.4, 0.5) is 4.39 Å². The number of nitrogens with zero attached hydrogens (tertiary/aromatic N) is 2. The summed E-state index contributed by atoms with van der Waals surface area (Å²) < 4.78 is 18.3. The van der Waals surface area contributed by atoms with E-state index in [-0.39, 0.29) is 12.4 Å². The highest BCUT2D eigenvalue weighted by atomic mass is 19.1. The average molecular weight is 323 g/mol. The molecule has 6 heteroatoms. The zero-order chi connectivity index (χ0) is 16.7. The van der Waals surface area contributed by atoms with E-state index in [4.69, 9.17) is 4.74 Å². The lowest BCUT2D eigenvalue weighted by atomic mass is 10.1. The first-order chi connectivity index (χ1) is 11.1. The SMILES string of the molecule is CCNC(=NCC(O)c1ccc(F)cc1)N(C)CC1CCOC1. The Morgan fingerprint density at radius 3 is 2.83 bits per heavy atom. The minimum Gasteiger partial charge on any atom is -0.386 e. The Kier molecular flexibility index (Phi) is 6.80.